The van der Waals surface area contributed by atoms with Crippen LogP contribution in [0.1, 0.15) is 11.3 Å². The Labute approximate surface area is 127 Å². The van der Waals surface area contributed by atoms with Crippen LogP contribution in [0.3, 0.4) is 0 Å². The Balaban J connectivity index is 2.52. The predicted molar refractivity (Wildman–Crippen MR) is 78.1 cm³/mol. The predicted octanol–water partition coefficient (Wildman–Crippen LogP) is 2.92. The minimum Gasteiger partial charge on any atom is -0.302 e. The van der Waals surface area contributed by atoms with Crippen molar-refractivity contribution in [3.8, 4) is 0 Å². The number of aromatic nitrogens is 2. The molecule has 2 rings (SSSR count). The Morgan fingerprint density at radius 1 is 1.50 bits per heavy atom. The molecular weight excluding hydrogens is 350 g/mol. The molecule has 0 aliphatic rings. The molecule has 104 valence electrons. The van der Waals surface area contributed by atoms with Crippen LogP contribution in [0.5, 0.6) is 0 Å². The maximum absolute atomic E-state index is 12.1. The highest BCUT2D eigenvalue weighted by Gasteiger charge is 2.18. The van der Waals surface area contributed by atoms with Gasteiger partial charge in [-0.2, -0.15) is 0 Å². The zero-order valence-electron chi connectivity index (χ0n) is 10.3. The van der Waals surface area contributed by atoms with Gasteiger partial charge in [-0.3, -0.25) is 14.9 Å². The second kappa shape index (κ2) is 5.72. The summed E-state index contributed by atoms with van der Waals surface area (Å²) >= 11 is 8.87. The van der Waals surface area contributed by atoms with Gasteiger partial charge in [-0.1, -0.05) is 17.7 Å². The first-order valence-electron chi connectivity index (χ1n) is 5.55. The second-order valence-corrected chi connectivity index (χ2v) is 5.28. The van der Waals surface area contributed by atoms with E-state index in [4.69, 9.17) is 11.6 Å². The summed E-state index contributed by atoms with van der Waals surface area (Å²) in [5.41, 5.74) is 0.369. The lowest BCUT2D eigenvalue weighted by atomic mass is 10.2. The molecule has 6 nitrogen and oxygen atoms in total. The van der Waals surface area contributed by atoms with E-state index < -0.39 is 4.92 Å². The molecule has 0 spiro atoms. The molecule has 0 saturated carbocycles. The average Bonchev–Trinajstić information content (AvgIpc) is 2.39. The van der Waals surface area contributed by atoms with Gasteiger partial charge < -0.3 is 4.57 Å². The van der Waals surface area contributed by atoms with Gasteiger partial charge in [0.1, 0.15) is 5.15 Å². The summed E-state index contributed by atoms with van der Waals surface area (Å²) in [7, 11) is 0. The smallest absolute Gasteiger partial charge is 0.289 e. The van der Waals surface area contributed by atoms with Crippen LogP contribution in [-0.2, 0) is 6.54 Å². The number of nitrogens with zero attached hydrogens (tertiary/aromatic N) is 3. The number of halogens is 2. The van der Waals surface area contributed by atoms with Crippen molar-refractivity contribution in [1.29, 1.82) is 0 Å². The number of nitro groups is 1. The molecule has 8 heteroatoms. The lowest BCUT2D eigenvalue weighted by Crippen LogP contribution is -2.23. The quantitative estimate of drug-likeness (QED) is 0.480. The third-order valence-corrected chi connectivity index (χ3v) is 3.89. The lowest BCUT2D eigenvalue weighted by Gasteiger charge is -2.08. The molecule has 0 aromatic carbocycles. The molecule has 0 bridgehead atoms. The van der Waals surface area contributed by atoms with E-state index in [1.54, 1.807) is 18.2 Å². The van der Waals surface area contributed by atoms with Gasteiger partial charge in [0, 0.05) is 5.56 Å². The third kappa shape index (κ3) is 2.88. The highest BCUT2D eigenvalue weighted by molar-refractivity contribution is 9.10. The topological polar surface area (TPSA) is 78.0 Å². The molecule has 0 atom stereocenters. The molecular formula is C12H9BrClN3O3. The maximum atomic E-state index is 12.1. The normalized spacial score (nSPS) is 10.6. The molecule has 0 aliphatic carbocycles. The van der Waals surface area contributed by atoms with Gasteiger partial charge in [-0.05, 0) is 35.0 Å². The first-order valence-corrected chi connectivity index (χ1v) is 6.72. The summed E-state index contributed by atoms with van der Waals surface area (Å²) in [6.45, 7) is 1.63. The molecule has 0 fully saturated rings. The van der Waals surface area contributed by atoms with Crippen molar-refractivity contribution in [2.75, 3.05) is 0 Å². The van der Waals surface area contributed by atoms with Crippen LogP contribution in [0.2, 0.25) is 5.15 Å². The molecule has 0 saturated heterocycles. The van der Waals surface area contributed by atoms with Crippen molar-refractivity contribution in [2.24, 2.45) is 0 Å². The minimum absolute atomic E-state index is 0.110. The third-order valence-electron chi connectivity index (χ3n) is 2.74. The van der Waals surface area contributed by atoms with Gasteiger partial charge in [0.2, 0.25) is 0 Å². The molecule has 0 unspecified atom stereocenters. The summed E-state index contributed by atoms with van der Waals surface area (Å²) in [4.78, 5) is 26.6. The minimum atomic E-state index is -0.526. The van der Waals surface area contributed by atoms with E-state index in [0.717, 1.165) is 0 Å². The SMILES string of the molecule is Cc1c([N+](=O)[O-])cn(Cc2cccc(Cl)n2)c(=O)c1Br. The fourth-order valence-corrected chi connectivity index (χ4v) is 2.33. The highest BCUT2D eigenvalue weighted by atomic mass is 79.9. The van der Waals surface area contributed by atoms with Crippen LogP contribution in [0.25, 0.3) is 0 Å². The first-order chi connectivity index (χ1) is 9.40. The van der Waals surface area contributed by atoms with E-state index in [1.807, 2.05) is 0 Å². The fourth-order valence-electron chi connectivity index (χ4n) is 1.72. The van der Waals surface area contributed by atoms with Crippen LogP contribution >= 0.6 is 27.5 Å². The zero-order chi connectivity index (χ0) is 14.9. The molecule has 0 amide bonds. The van der Waals surface area contributed by atoms with Crippen molar-refractivity contribution < 1.29 is 4.92 Å². The summed E-state index contributed by atoms with van der Waals surface area (Å²) in [6.07, 6.45) is 1.21. The van der Waals surface area contributed by atoms with E-state index in [9.17, 15) is 14.9 Å². The van der Waals surface area contributed by atoms with Crippen LogP contribution in [-0.4, -0.2) is 14.5 Å². The van der Waals surface area contributed by atoms with Crippen molar-refractivity contribution >= 4 is 33.2 Å². The number of rotatable bonds is 3. The first kappa shape index (κ1) is 14.7. The molecule has 0 aliphatic heterocycles. The van der Waals surface area contributed by atoms with E-state index in [-0.39, 0.29) is 22.3 Å². The van der Waals surface area contributed by atoms with Crippen molar-refractivity contribution in [1.82, 2.24) is 9.55 Å². The molecule has 0 radical (unpaired) electrons. The number of hydrogen-bond acceptors (Lipinski definition) is 4. The summed E-state index contributed by atoms with van der Waals surface area (Å²) in [5, 5.41) is 11.3. The second-order valence-electron chi connectivity index (χ2n) is 4.10. The van der Waals surface area contributed by atoms with E-state index in [0.29, 0.717) is 16.4 Å². The van der Waals surface area contributed by atoms with Gasteiger partial charge >= 0.3 is 0 Å². The summed E-state index contributed by atoms with van der Waals surface area (Å²) < 4.78 is 1.40. The van der Waals surface area contributed by atoms with Gasteiger partial charge in [-0.25, -0.2) is 4.98 Å². The Bertz CT molecular complexity index is 745. The molecule has 20 heavy (non-hydrogen) atoms. The maximum Gasteiger partial charge on any atom is 0.289 e. The van der Waals surface area contributed by atoms with Crippen LogP contribution < -0.4 is 5.56 Å². The number of pyridine rings is 2. The highest BCUT2D eigenvalue weighted by Crippen LogP contribution is 2.22. The molecule has 2 aromatic heterocycles. The standard InChI is InChI=1S/C12H9BrClN3O3/c1-7-9(17(19)20)6-16(12(18)11(7)13)5-8-3-2-4-10(14)15-8/h2-4,6H,5H2,1H3. The lowest BCUT2D eigenvalue weighted by molar-refractivity contribution is -0.386. The zero-order valence-corrected chi connectivity index (χ0v) is 12.7. The van der Waals surface area contributed by atoms with Crippen molar-refractivity contribution in [3.63, 3.8) is 0 Å². The fraction of sp³-hybridized carbons (Fsp3) is 0.167. The van der Waals surface area contributed by atoms with E-state index >= 15 is 0 Å². The van der Waals surface area contributed by atoms with Crippen LogP contribution in [0.4, 0.5) is 5.69 Å². The van der Waals surface area contributed by atoms with Gasteiger partial charge in [0.15, 0.2) is 0 Å². The Morgan fingerprint density at radius 2 is 2.20 bits per heavy atom. The molecule has 0 N–H and O–H groups in total. The van der Waals surface area contributed by atoms with Crippen molar-refractivity contribution in [2.45, 2.75) is 13.5 Å². The monoisotopic (exact) mass is 357 g/mol. The Morgan fingerprint density at radius 3 is 2.80 bits per heavy atom. The Hall–Kier alpha value is -1.73. The molecule has 2 heterocycles. The number of hydrogen-bond donors (Lipinski definition) is 0. The van der Waals surface area contributed by atoms with E-state index in [1.165, 1.54) is 17.7 Å². The summed E-state index contributed by atoms with van der Waals surface area (Å²) in [6, 6.07) is 5.01. The van der Waals surface area contributed by atoms with Gasteiger partial charge in [0.05, 0.1) is 27.8 Å². The largest absolute Gasteiger partial charge is 0.302 e. The van der Waals surface area contributed by atoms with Gasteiger partial charge in [0.25, 0.3) is 11.2 Å². The van der Waals surface area contributed by atoms with Crippen LogP contribution in [0.15, 0.2) is 33.7 Å². The molecule has 2 aromatic rings. The average molecular weight is 359 g/mol. The van der Waals surface area contributed by atoms with Crippen LogP contribution in [0, 0.1) is 17.0 Å². The Kier molecular flexibility index (Phi) is 4.20. The van der Waals surface area contributed by atoms with Gasteiger partial charge in [-0.15, -0.1) is 0 Å². The van der Waals surface area contributed by atoms with E-state index in [2.05, 4.69) is 20.9 Å². The van der Waals surface area contributed by atoms with Crippen molar-refractivity contribution in [3.05, 3.63) is 65.7 Å². The summed E-state index contributed by atoms with van der Waals surface area (Å²) in [5.74, 6) is 0.